The molecule has 1 aromatic carbocycles. The van der Waals surface area contributed by atoms with E-state index in [-0.39, 0.29) is 30.7 Å². The Hall–Kier alpha value is -1.54. The molecule has 2 bridgehead atoms. The Morgan fingerprint density at radius 1 is 1.17 bits per heavy atom. The van der Waals surface area contributed by atoms with Gasteiger partial charge in [-0.3, -0.25) is 4.79 Å². The van der Waals surface area contributed by atoms with Gasteiger partial charge in [0.2, 0.25) is 5.91 Å². The molecule has 9 heteroatoms. The number of halogens is 2. The molecule has 29 heavy (non-hydrogen) atoms. The third-order valence-corrected chi connectivity index (χ3v) is 6.40. The molecule has 4 rings (SSSR count). The zero-order valence-electron chi connectivity index (χ0n) is 16.6. The molecule has 2 unspecified atom stereocenters. The first-order valence-corrected chi connectivity index (χ1v) is 10.3. The van der Waals surface area contributed by atoms with Crippen LogP contribution in [0.4, 0.5) is 0 Å². The van der Waals surface area contributed by atoms with E-state index in [1.807, 2.05) is 23.6 Å². The maximum atomic E-state index is 12.9. The van der Waals surface area contributed by atoms with E-state index in [4.69, 9.17) is 14.5 Å². The van der Waals surface area contributed by atoms with Crippen molar-refractivity contribution in [3.63, 3.8) is 0 Å². The number of aromatic nitrogens is 1. The molecule has 6 nitrogen and oxygen atoms in total. The molecule has 1 amide bonds. The standard InChI is InChI=1S/C20H25N3O3S.2ClH/c1-25-17-6-3-13(9-18(17)26-2)20-22-14(12-27-20)10-19(24)23-15-4-5-16(23)11-21-8-7-15;;/h3,6,9,12,15-16,21H,4-5,7-8,10-11H2,1-2H3;2*1H. The van der Waals surface area contributed by atoms with Crippen LogP contribution in [0, 0.1) is 0 Å². The summed E-state index contributed by atoms with van der Waals surface area (Å²) in [5.41, 5.74) is 1.81. The van der Waals surface area contributed by atoms with Crippen molar-refractivity contribution >= 4 is 42.1 Å². The van der Waals surface area contributed by atoms with Gasteiger partial charge in [0.05, 0.1) is 26.3 Å². The molecular weight excluding hydrogens is 433 g/mol. The maximum absolute atomic E-state index is 12.9. The largest absolute Gasteiger partial charge is 0.493 e. The highest BCUT2D eigenvalue weighted by molar-refractivity contribution is 7.13. The molecule has 2 aromatic rings. The maximum Gasteiger partial charge on any atom is 0.229 e. The molecule has 0 radical (unpaired) electrons. The predicted molar refractivity (Wildman–Crippen MR) is 120 cm³/mol. The molecule has 2 aliphatic heterocycles. The summed E-state index contributed by atoms with van der Waals surface area (Å²) in [4.78, 5) is 19.8. The highest BCUT2D eigenvalue weighted by Crippen LogP contribution is 2.34. The number of hydrogen-bond acceptors (Lipinski definition) is 6. The lowest BCUT2D eigenvalue weighted by atomic mass is 10.1. The van der Waals surface area contributed by atoms with Crippen LogP contribution in [0.1, 0.15) is 25.0 Å². The summed E-state index contributed by atoms with van der Waals surface area (Å²) < 4.78 is 10.7. The molecule has 1 N–H and O–H groups in total. The number of thiazole rings is 1. The second-order valence-electron chi connectivity index (χ2n) is 7.07. The monoisotopic (exact) mass is 459 g/mol. The summed E-state index contributed by atoms with van der Waals surface area (Å²) in [5, 5.41) is 6.32. The Balaban J connectivity index is 0.00000150. The van der Waals surface area contributed by atoms with Gasteiger partial charge in [0.25, 0.3) is 0 Å². The highest BCUT2D eigenvalue weighted by atomic mass is 35.5. The van der Waals surface area contributed by atoms with E-state index in [1.165, 1.54) is 0 Å². The fraction of sp³-hybridized carbons (Fsp3) is 0.500. The van der Waals surface area contributed by atoms with E-state index in [0.29, 0.717) is 30.0 Å². The topological polar surface area (TPSA) is 63.7 Å². The summed E-state index contributed by atoms with van der Waals surface area (Å²) in [6.07, 6.45) is 3.66. The van der Waals surface area contributed by atoms with Crippen molar-refractivity contribution in [1.29, 1.82) is 0 Å². The summed E-state index contributed by atoms with van der Waals surface area (Å²) in [6, 6.07) is 6.49. The fourth-order valence-electron chi connectivity index (χ4n) is 4.13. The molecule has 2 aliphatic rings. The number of carbonyl (C=O) groups is 1. The van der Waals surface area contributed by atoms with E-state index in [1.54, 1.807) is 25.6 Å². The van der Waals surface area contributed by atoms with Crippen molar-refractivity contribution in [1.82, 2.24) is 15.2 Å². The minimum Gasteiger partial charge on any atom is -0.493 e. The highest BCUT2D eigenvalue weighted by Gasteiger charge is 2.37. The van der Waals surface area contributed by atoms with Crippen molar-refractivity contribution < 1.29 is 14.3 Å². The molecule has 0 saturated carbocycles. The Morgan fingerprint density at radius 3 is 2.69 bits per heavy atom. The van der Waals surface area contributed by atoms with Crippen LogP contribution in [-0.4, -0.2) is 55.2 Å². The van der Waals surface area contributed by atoms with Gasteiger partial charge in [-0.1, -0.05) is 0 Å². The lowest BCUT2D eigenvalue weighted by molar-refractivity contribution is -0.133. The first-order chi connectivity index (χ1) is 13.2. The minimum absolute atomic E-state index is 0. The quantitative estimate of drug-likeness (QED) is 0.740. The van der Waals surface area contributed by atoms with Gasteiger partial charge in [-0.2, -0.15) is 0 Å². The van der Waals surface area contributed by atoms with Crippen molar-refractivity contribution in [3.05, 3.63) is 29.3 Å². The number of fused-ring (bicyclic) bond motifs is 2. The van der Waals surface area contributed by atoms with Crippen LogP contribution >= 0.6 is 36.2 Å². The second-order valence-corrected chi connectivity index (χ2v) is 7.93. The molecular formula is C20H27Cl2N3O3S. The van der Waals surface area contributed by atoms with Gasteiger partial charge < -0.3 is 19.7 Å². The van der Waals surface area contributed by atoms with Crippen LogP contribution in [0.5, 0.6) is 11.5 Å². The van der Waals surface area contributed by atoms with Gasteiger partial charge in [-0.05, 0) is 44.0 Å². The molecule has 0 spiro atoms. The number of nitrogens with zero attached hydrogens (tertiary/aromatic N) is 2. The number of hydrogen-bond donors (Lipinski definition) is 1. The number of carbonyl (C=O) groups excluding carboxylic acids is 1. The van der Waals surface area contributed by atoms with Crippen LogP contribution in [-0.2, 0) is 11.2 Å². The summed E-state index contributed by atoms with van der Waals surface area (Å²) in [5.74, 6) is 1.57. The molecule has 3 heterocycles. The SMILES string of the molecule is COc1ccc(-c2nc(CC(=O)N3C4CCNCC3CC4)cs2)cc1OC.Cl.Cl. The normalized spacial score (nSPS) is 20.3. The third-order valence-electron chi connectivity index (χ3n) is 5.46. The van der Waals surface area contributed by atoms with Crippen LogP contribution in [0.15, 0.2) is 23.6 Å². The molecule has 0 aliphatic carbocycles. The Bertz CT molecular complexity index is 819. The van der Waals surface area contributed by atoms with Gasteiger partial charge in [-0.15, -0.1) is 36.2 Å². The van der Waals surface area contributed by atoms with Gasteiger partial charge in [0.1, 0.15) is 5.01 Å². The molecule has 1 aromatic heterocycles. The van der Waals surface area contributed by atoms with Crippen molar-refractivity contribution in [2.45, 2.75) is 37.8 Å². The first kappa shape index (κ1) is 23.7. The van der Waals surface area contributed by atoms with E-state index < -0.39 is 0 Å². The number of amides is 1. The van der Waals surface area contributed by atoms with E-state index in [0.717, 1.165) is 48.6 Å². The molecule has 2 fully saturated rings. The first-order valence-electron chi connectivity index (χ1n) is 9.38. The second kappa shape index (κ2) is 10.5. The zero-order chi connectivity index (χ0) is 18.8. The number of methoxy groups -OCH3 is 2. The number of ether oxygens (including phenoxy) is 2. The lowest BCUT2D eigenvalue weighted by Gasteiger charge is -2.27. The molecule has 2 saturated heterocycles. The zero-order valence-corrected chi connectivity index (χ0v) is 19.0. The average Bonchev–Trinajstić information content (AvgIpc) is 3.24. The van der Waals surface area contributed by atoms with E-state index in [2.05, 4.69) is 10.2 Å². The van der Waals surface area contributed by atoms with Crippen LogP contribution in [0.25, 0.3) is 10.6 Å². The van der Waals surface area contributed by atoms with Crippen molar-refractivity contribution in [3.8, 4) is 22.1 Å². The molecule has 2 atom stereocenters. The van der Waals surface area contributed by atoms with Gasteiger partial charge >= 0.3 is 0 Å². The van der Waals surface area contributed by atoms with E-state index >= 15 is 0 Å². The Labute approximate surface area is 187 Å². The van der Waals surface area contributed by atoms with Gasteiger partial charge in [0, 0.05) is 29.6 Å². The smallest absolute Gasteiger partial charge is 0.229 e. The third kappa shape index (κ3) is 4.97. The van der Waals surface area contributed by atoms with Crippen LogP contribution in [0.3, 0.4) is 0 Å². The number of rotatable bonds is 5. The van der Waals surface area contributed by atoms with Crippen LogP contribution in [0.2, 0.25) is 0 Å². The summed E-state index contributed by atoms with van der Waals surface area (Å²) in [6.45, 7) is 1.92. The fourth-order valence-corrected chi connectivity index (χ4v) is 4.94. The number of benzene rings is 1. The summed E-state index contributed by atoms with van der Waals surface area (Å²) >= 11 is 1.55. The lowest BCUT2D eigenvalue weighted by Crippen LogP contribution is -2.43. The Kier molecular flexibility index (Phi) is 8.58. The van der Waals surface area contributed by atoms with Gasteiger partial charge in [-0.25, -0.2) is 4.98 Å². The Morgan fingerprint density at radius 2 is 1.93 bits per heavy atom. The molecule has 160 valence electrons. The minimum atomic E-state index is 0. The average molecular weight is 460 g/mol. The van der Waals surface area contributed by atoms with Crippen molar-refractivity contribution in [2.75, 3.05) is 27.3 Å². The van der Waals surface area contributed by atoms with Gasteiger partial charge in [0.15, 0.2) is 11.5 Å². The van der Waals surface area contributed by atoms with E-state index in [9.17, 15) is 4.79 Å². The number of nitrogens with one attached hydrogen (secondary N) is 1. The van der Waals surface area contributed by atoms with Crippen molar-refractivity contribution in [2.24, 2.45) is 0 Å². The summed E-state index contributed by atoms with van der Waals surface area (Å²) in [7, 11) is 3.24. The van der Waals surface area contributed by atoms with Crippen LogP contribution < -0.4 is 14.8 Å². The predicted octanol–water partition coefficient (Wildman–Crippen LogP) is 3.57.